The van der Waals surface area contributed by atoms with Gasteiger partial charge >= 0.3 is 5.97 Å². The van der Waals surface area contributed by atoms with Gasteiger partial charge in [-0.15, -0.1) is 0 Å². The predicted molar refractivity (Wildman–Crippen MR) is 103 cm³/mol. The summed E-state index contributed by atoms with van der Waals surface area (Å²) in [5.74, 6) is -0.660. The average molecular weight is 417 g/mol. The molecule has 0 aromatic heterocycles. The molecule has 0 saturated carbocycles. The third-order valence-corrected chi connectivity index (χ3v) is 7.51. The van der Waals surface area contributed by atoms with Crippen LogP contribution < -0.4 is 5.30 Å². The lowest BCUT2D eigenvalue weighted by Crippen LogP contribution is -2.13. The second-order valence-electron chi connectivity index (χ2n) is 5.56. The minimum Gasteiger partial charge on any atom is -0.508 e. The fraction of sp³-hybridized carbons (Fsp3) is 0.278. The second-order valence-corrected chi connectivity index (χ2v) is 9.12. The molecule has 0 aliphatic carbocycles. The molecule has 0 aliphatic rings. The largest absolute Gasteiger partial charge is 0.508 e. The van der Waals surface area contributed by atoms with E-state index in [-0.39, 0.29) is 28.0 Å². The Morgan fingerprint density at radius 1 is 1.23 bits per heavy atom. The van der Waals surface area contributed by atoms with E-state index in [0.717, 1.165) is 0 Å². The molecular formula is C18H19Cl2O5P. The van der Waals surface area contributed by atoms with Gasteiger partial charge in [0.2, 0.25) is 7.37 Å². The number of carbonyl (C=O) groups is 1. The number of aromatic hydroxyl groups is 1. The number of carbonyl (C=O) groups excluding carboxylic acids is 1. The number of halogens is 2. The fourth-order valence-electron chi connectivity index (χ4n) is 2.62. The minimum atomic E-state index is -3.39. The Morgan fingerprint density at radius 2 is 1.85 bits per heavy atom. The maximum atomic E-state index is 13.7. The molecule has 5 nitrogen and oxygen atoms in total. The van der Waals surface area contributed by atoms with Gasteiger partial charge in [0.25, 0.3) is 0 Å². The van der Waals surface area contributed by atoms with E-state index >= 15 is 0 Å². The van der Waals surface area contributed by atoms with Crippen molar-refractivity contribution in [1.29, 1.82) is 0 Å². The number of esters is 1. The SMILES string of the molecule is CCOP(=O)(c1cccc(O)c1)C(C)c1cc(Cl)c(C(=O)OC)c(Cl)c1. The zero-order valence-electron chi connectivity index (χ0n) is 14.5. The molecular weight excluding hydrogens is 398 g/mol. The predicted octanol–water partition coefficient (Wildman–Crippen LogP) is 5.19. The van der Waals surface area contributed by atoms with Crippen LogP contribution in [0.25, 0.3) is 0 Å². The van der Waals surface area contributed by atoms with Crippen molar-refractivity contribution in [2.45, 2.75) is 19.5 Å². The highest BCUT2D eigenvalue weighted by molar-refractivity contribution is 7.67. The van der Waals surface area contributed by atoms with Crippen molar-refractivity contribution in [2.75, 3.05) is 13.7 Å². The molecule has 26 heavy (non-hydrogen) atoms. The first-order chi connectivity index (χ1) is 12.2. The Morgan fingerprint density at radius 3 is 2.35 bits per heavy atom. The minimum absolute atomic E-state index is 0.00766. The van der Waals surface area contributed by atoms with Gasteiger partial charge in [-0.2, -0.15) is 0 Å². The van der Waals surface area contributed by atoms with Crippen molar-refractivity contribution in [2.24, 2.45) is 0 Å². The van der Waals surface area contributed by atoms with Gasteiger partial charge in [0, 0.05) is 5.30 Å². The lowest BCUT2D eigenvalue weighted by Gasteiger charge is -2.25. The number of rotatable bonds is 6. The second kappa shape index (κ2) is 8.45. The zero-order chi connectivity index (χ0) is 19.5. The highest BCUT2D eigenvalue weighted by Crippen LogP contribution is 2.59. The maximum Gasteiger partial charge on any atom is 0.340 e. The van der Waals surface area contributed by atoms with E-state index < -0.39 is 19.0 Å². The molecule has 2 aromatic rings. The number of ether oxygens (including phenoxy) is 1. The van der Waals surface area contributed by atoms with Gasteiger partial charge in [0.15, 0.2) is 0 Å². The topological polar surface area (TPSA) is 72.8 Å². The normalized spacial score (nSPS) is 14.5. The Hall–Kier alpha value is -1.52. The molecule has 2 unspecified atom stereocenters. The lowest BCUT2D eigenvalue weighted by molar-refractivity contribution is 0.0601. The summed E-state index contributed by atoms with van der Waals surface area (Å²) in [7, 11) is -2.16. The van der Waals surface area contributed by atoms with Crippen LogP contribution in [0.3, 0.4) is 0 Å². The summed E-state index contributed by atoms with van der Waals surface area (Å²) in [4.78, 5) is 11.8. The van der Waals surface area contributed by atoms with Crippen LogP contribution in [0.4, 0.5) is 0 Å². The molecule has 2 aromatic carbocycles. The Balaban J connectivity index is 2.55. The third kappa shape index (κ3) is 4.07. The maximum absolute atomic E-state index is 13.7. The first-order valence-corrected chi connectivity index (χ1v) is 10.3. The fourth-order valence-corrected chi connectivity index (χ4v) is 5.63. The van der Waals surface area contributed by atoms with Gasteiger partial charge in [-0.25, -0.2) is 4.79 Å². The van der Waals surface area contributed by atoms with Gasteiger partial charge in [-0.05, 0) is 49.7 Å². The summed E-state index contributed by atoms with van der Waals surface area (Å²) in [6.07, 6.45) is 0. The van der Waals surface area contributed by atoms with E-state index in [4.69, 9.17) is 27.7 Å². The van der Waals surface area contributed by atoms with Crippen LogP contribution in [0.2, 0.25) is 10.0 Å². The van der Waals surface area contributed by atoms with Crippen LogP contribution in [-0.4, -0.2) is 24.8 Å². The van der Waals surface area contributed by atoms with E-state index in [1.54, 1.807) is 26.0 Å². The van der Waals surface area contributed by atoms with Crippen molar-refractivity contribution in [3.63, 3.8) is 0 Å². The van der Waals surface area contributed by atoms with Crippen molar-refractivity contribution in [1.82, 2.24) is 0 Å². The Labute approximate surface area is 162 Å². The number of phenolic OH excluding ortho intramolecular Hbond substituents is 1. The van der Waals surface area contributed by atoms with Gasteiger partial charge in [0.1, 0.15) is 5.75 Å². The molecule has 8 heteroatoms. The van der Waals surface area contributed by atoms with E-state index in [9.17, 15) is 14.5 Å². The standard InChI is InChI=1S/C18H19Cl2O5P/c1-4-25-26(23,14-7-5-6-13(21)10-14)11(2)12-8-15(19)17(16(20)9-12)18(22)24-3/h5-11,21H,4H2,1-3H3. The number of hydrogen-bond acceptors (Lipinski definition) is 5. The summed E-state index contributed by atoms with van der Waals surface area (Å²) in [6, 6.07) is 9.20. The number of methoxy groups -OCH3 is 1. The molecule has 0 saturated heterocycles. The highest BCUT2D eigenvalue weighted by Gasteiger charge is 2.35. The van der Waals surface area contributed by atoms with Crippen molar-refractivity contribution in [3.05, 3.63) is 57.6 Å². The van der Waals surface area contributed by atoms with Crippen molar-refractivity contribution >= 4 is 41.8 Å². The van der Waals surface area contributed by atoms with Gasteiger partial charge in [0.05, 0.1) is 35.0 Å². The smallest absolute Gasteiger partial charge is 0.340 e. The van der Waals surface area contributed by atoms with Crippen LogP contribution in [-0.2, 0) is 13.8 Å². The molecule has 1 N–H and O–H groups in total. The molecule has 0 heterocycles. The Bertz CT molecular complexity index is 845. The van der Waals surface area contributed by atoms with Crippen molar-refractivity contribution in [3.8, 4) is 5.75 Å². The van der Waals surface area contributed by atoms with Crippen LogP contribution in [0, 0.1) is 0 Å². The summed E-state index contributed by atoms with van der Waals surface area (Å²) in [5.41, 5.74) is -0.00546. The van der Waals surface area contributed by atoms with Crippen LogP contribution in [0.1, 0.15) is 35.4 Å². The number of benzene rings is 2. The van der Waals surface area contributed by atoms with E-state index in [1.807, 2.05) is 0 Å². The third-order valence-electron chi connectivity index (χ3n) is 3.96. The molecule has 0 bridgehead atoms. The molecule has 2 atom stereocenters. The number of phenols is 1. The Kier molecular flexibility index (Phi) is 6.75. The summed E-state index contributed by atoms with van der Waals surface area (Å²) >= 11 is 12.4. The molecule has 0 fully saturated rings. The highest BCUT2D eigenvalue weighted by atomic mass is 35.5. The van der Waals surface area contributed by atoms with Crippen LogP contribution in [0.15, 0.2) is 36.4 Å². The van der Waals surface area contributed by atoms with Crippen LogP contribution in [0.5, 0.6) is 5.75 Å². The number of hydrogen-bond donors (Lipinski definition) is 1. The lowest BCUT2D eigenvalue weighted by atomic mass is 10.1. The molecule has 0 radical (unpaired) electrons. The monoisotopic (exact) mass is 416 g/mol. The summed E-state index contributed by atoms with van der Waals surface area (Å²) < 4.78 is 24.0. The molecule has 2 rings (SSSR count). The van der Waals surface area contributed by atoms with Gasteiger partial charge in [-0.1, -0.05) is 29.3 Å². The average Bonchev–Trinajstić information content (AvgIpc) is 2.60. The summed E-state index contributed by atoms with van der Waals surface area (Å²) in [6.45, 7) is 3.68. The molecule has 0 spiro atoms. The van der Waals surface area contributed by atoms with Crippen LogP contribution >= 0.6 is 30.6 Å². The van der Waals surface area contributed by atoms with E-state index in [2.05, 4.69) is 4.74 Å². The first kappa shape index (κ1) is 20.8. The van der Waals surface area contributed by atoms with E-state index in [0.29, 0.717) is 10.9 Å². The molecule has 140 valence electrons. The molecule has 0 aliphatic heterocycles. The van der Waals surface area contributed by atoms with Crippen molar-refractivity contribution < 1.29 is 23.7 Å². The van der Waals surface area contributed by atoms with E-state index in [1.165, 1.54) is 31.4 Å². The quantitative estimate of drug-likeness (QED) is 0.518. The molecule has 0 amide bonds. The van der Waals surface area contributed by atoms with Gasteiger partial charge < -0.3 is 14.4 Å². The zero-order valence-corrected chi connectivity index (χ0v) is 16.9. The summed E-state index contributed by atoms with van der Waals surface area (Å²) in [5, 5.41) is 10.3. The first-order valence-electron chi connectivity index (χ1n) is 7.85. The van der Waals surface area contributed by atoms with Gasteiger partial charge in [-0.3, -0.25) is 4.57 Å².